The Balaban J connectivity index is 1.55. The van der Waals surface area contributed by atoms with E-state index in [1.54, 1.807) is 23.3 Å². The Labute approximate surface area is 152 Å². The summed E-state index contributed by atoms with van der Waals surface area (Å²) in [4.78, 5) is 5.36. The first kappa shape index (κ1) is 15.4. The van der Waals surface area contributed by atoms with Crippen LogP contribution in [0.15, 0.2) is 24.5 Å². The van der Waals surface area contributed by atoms with Crippen molar-refractivity contribution in [2.75, 3.05) is 20.8 Å². The van der Waals surface area contributed by atoms with Crippen molar-refractivity contribution in [3.8, 4) is 28.1 Å². The fourth-order valence-electron chi connectivity index (χ4n) is 2.77. The molecule has 5 rings (SSSR count). The average molecular weight is 371 g/mol. The van der Waals surface area contributed by atoms with Crippen LogP contribution in [-0.4, -0.2) is 45.0 Å². The summed E-state index contributed by atoms with van der Waals surface area (Å²) in [6.07, 6.45) is 6.17. The van der Waals surface area contributed by atoms with Crippen LogP contribution in [0.5, 0.6) is 16.7 Å². The van der Waals surface area contributed by atoms with Crippen LogP contribution in [0.4, 0.5) is 0 Å². The van der Waals surface area contributed by atoms with Gasteiger partial charge in [-0.2, -0.15) is 5.10 Å². The highest BCUT2D eigenvalue weighted by Crippen LogP contribution is 2.33. The molecule has 4 aromatic heterocycles. The molecule has 0 unspecified atom stereocenters. The predicted molar refractivity (Wildman–Crippen MR) is 96.4 cm³/mol. The van der Waals surface area contributed by atoms with E-state index in [-0.39, 0.29) is 0 Å². The van der Waals surface area contributed by atoms with Crippen molar-refractivity contribution in [1.82, 2.24) is 24.2 Å². The maximum absolute atomic E-state index is 6.02. The molecule has 9 heteroatoms. The number of methoxy groups -OCH3 is 2. The summed E-state index contributed by atoms with van der Waals surface area (Å²) in [6, 6.07) is 3.88. The fourth-order valence-corrected chi connectivity index (χ4v) is 3.47. The van der Waals surface area contributed by atoms with E-state index in [2.05, 4.69) is 15.2 Å². The van der Waals surface area contributed by atoms with E-state index >= 15 is 0 Å². The molecule has 134 valence electrons. The lowest BCUT2D eigenvalue weighted by Gasteiger charge is -2.09. The summed E-state index contributed by atoms with van der Waals surface area (Å²) >= 11 is 1.39. The van der Waals surface area contributed by atoms with Gasteiger partial charge < -0.3 is 14.2 Å². The average Bonchev–Trinajstić information content (AvgIpc) is 3.06. The van der Waals surface area contributed by atoms with Gasteiger partial charge in [0.05, 0.1) is 33.2 Å². The van der Waals surface area contributed by atoms with Crippen LogP contribution in [-0.2, 0) is 0 Å². The highest BCUT2D eigenvalue weighted by Gasteiger charge is 2.23. The molecule has 26 heavy (non-hydrogen) atoms. The van der Waals surface area contributed by atoms with Gasteiger partial charge in [0.1, 0.15) is 28.4 Å². The zero-order valence-electron chi connectivity index (χ0n) is 14.4. The Morgan fingerprint density at radius 2 is 1.96 bits per heavy atom. The van der Waals surface area contributed by atoms with E-state index in [1.807, 2.05) is 24.5 Å². The largest absolute Gasteiger partial charge is 0.495 e. The number of hydrogen-bond donors (Lipinski definition) is 0. The van der Waals surface area contributed by atoms with E-state index in [9.17, 15) is 0 Å². The van der Waals surface area contributed by atoms with Gasteiger partial charge in [0.25, 0.3) is 5.19 Å². The third-order valence-corrected chi connectivity index (χ3v) is 5.26. The monoisotopic (exact) mass is 371 g/mol. The smallest absolute Gasteiger partial charge is 0.294 e. The highest BCUT2D eigenvalue weighted by atomic mass is 32.1. The molecule has 0 atom stereocenters. The van der Waals surface area contributed by atoms with Gasteiger partial charge in [-0.15, -0.1) is 5.10 Å². The summed E-state index contributed by atoms with van der Waals surface area (Å²) in [5.41, 5.74) is 2.40. The van der Waals surface area contributed by atoms with Crippen LogP contribution in [0.25, 0.3) is 21.9 Å². The number of nitrogens with zero attached hydrogens (tertiary/aromatic N) is 5. The molecule has 1 fully saturated rings. The van der Waals surface area contributed by atoms with Crippen LogP contribution in [0.3, 0.4) is 0 Å². The molecule has 0 amide bonds. The third kappa shape index (κ3) is 2.64. The lowest BCUT2D eigenvalue weighted by Crippen LogP contribution is -2.01. The van der Waals surface area contributed by atoms with Crippen molar-refractivity contribution in [3.05, 3.63) is 24.5 Å². The molecule has 0 saturated heterocycles. The van der Waals surface area contributed by atoms with E-state index in [0.717, 1.165) is 34.2 Å². The van der Waals surface area contributed by atoms with Crippen LogP contribution in [0.1, 0.15) is 12.8 Å². The lowest BCUT2D eigenvalue weighted by molar-refractivity contribution is 0.299. The van der Waals surface area contributed by atoms with Gasteiger partial charge in [-0.25, -0.2) is 14.0 Å². The topological polar surface area (TPSA) is 75.2 Å². The van der Waals surface area contributed by atoms with Gasteiger partial charge in [-0.3, -0.25) is 0 Å². The van der Waals surface area contributed by atoms with Crippen molar-refractivity contribution >= 4 is 21.8 Å². The minimum absolute atomic E-state index is 0.578. The second-order valence-electron chi connectivity index (χ2n) is 6.28. The first-order valence-corrected chi connectivity index (χ1v) is 9.16. The summed E-state index contributed by atoms with van der Waals surface area (Å²) in [5.74, 6) is 2.15. The van der Waals surface area contributed by atoms with Gasteiger partial charge in [0.15, 0.2) is 0 Å². The number of hydrogen-bond acceptors (Lipinski definition) is 7. The zero-order valence-corrected chi connectivity index (χ0v) is 15.2. The van der Waals surface area contributed by atoms with Gasteiger partial charge in [-0.05, 0) is 36.2 Å². The number of pyridine rings is 1. The Hall–Kier alpha value is -2.81. The van der Waals surface area contributed by atoms with Crippen LogP contribution < -0.4 is 14.2 Å². The van der Waals surface area contributed by atoms with Gasteiger partial charge >= 0.3 is 0 Å². The molecular formula is C17H17N5O3S. The molecular weight excluding hydrogens is 354 g/mol. The first-order chi connectivity index (χ1) is 12.7. The SMILES string of the molecule is COc1cc(OCC2CC2)c2cc(-c3cn4nc(OC)sc4n3)nn2c1. The quantitative estimate of drug-likeness (QED) is 0.519. The van der Waals surface area contributed by atoms with E-state index in [4.69, 9.17) is 14.2 Å². The summed E-state index contributed by atoms with van der Waals surface area (Å²) in [6.45, 7) is 0.729. The fraction of sp³-hybridized carbons (Fsp3) is 0.353. The highest BCUT2D eigenvalue weighted by molar-refractivity contribution is 7.18. The molecule has 4 aromatic rings. The third-order valence-electron chi connectivity index (χ3n) is 4.38. The first-order valence-electron chi connectivity index (χ1n) is 8.34. The van der Waals surface area contributed by atoms with Crippen LogP contribution in [0.2, 0.25) is 0 Å². The number of fused-ring (bicyclic) bond motifs is 2. The minimum Gasteiger partial charge on any atom is -0.495 e. The second-order valence-corrected chi connectivity index (χ2v) is 7.20. The summed E-state index contributed by atoms with van der Waals surface area (Å²) in [5, 5.41) is 9.52. The maximum Gasteiger partial charge on any atom is 0.294 e. The molecule has 0 aromatic carbocycles. The summed E-state index contributed by atoms with van der Waals surface area (Å²) < 4.78 is 20.0. The lowest BCUT2D eigenvalue weighted by atomic mass is 10.3. The van der Waals surface area contributed by atoms with Gasteiger partial charge in [0.2, 0.25) is 4.96 Å². The molecule has 0 aliphatic heterocycles. The van der Waals surface area contributed by atoms with Crippen molar-refractivity contribution < 1.29 is 14.2 Å². The van der Waals surface area contributed by atoms with Crippen LogP contribution >= 0.6 is 11.3 Å². The molecule has 8 nitrogen and oxygen atoms in total. The van der Waals surface area contributed by atoms with E-state index in [0.29, 0.717) is 16.9 Å². The van der Waals surface area contributed by atoms with Gasteiger partial charge in [-0.1, -0.05) is 0 Å². The standard InChI is InChI=1S/C17H17N5O3S/c1-23-11-5-15(25-9-10-3-4-10)14-6-12(19-21(14)7-11)13-8-22-16(18-13)26-17(20-22)24-2/h5-8,10H,3-4,9H2,1-2H3. The van der Waals surface area contributed by atoms with Crippen LogP contribution in [0, 0.1) is 5.92 Å². The molecule has 1 aliphatic carbocycles. The van der Waals surface area contributed by atoms with Crippen molar-refractivity contribution in [3.63, 3.8) is 0 Å². The Morgan fingerprint density at radius 3 is 2.69 bits per heavy atom. The Bertz CT molecular complexity index is 1060. The van der Waals surface area contributed by atoms with Crippen molar-refractivity contribution in [2.24, 2.45) is 5.92 Å². The van der Waals surface area contributed by atoms with E-state index < -0.39 is 0 Å². The Morgan fingerprint density at radius 1 is 1.08 bits per heavy atom. The Kier molecular flexibility index (Phi) is 3.49. The molecule has 0 N–H and O–H groups in total. The molecule has 0 bridgehead atoms. The molecule has 1 saturated carbocycles. The van der Waals surface area contributed by atoms with Crippen molar-refractivity contribution in [2.45, 2.75) is 12.8 Å². The van der Waals surface area contributed by atoms with Crippen molar-refractivity contribution in [1.29, 1.82) is 0 Å². The number of imidazole rings is 1. The number of rotatable bonds is 6. The maximum atomic E-state index is 6.02. The van der Waals surface area contributed by atoms with E-state index in [1.165, 1.54) is 24.2 Å². The molecule has 4 heterocycles. The minimum atomic E-state index is 0.578. The summed E-state index contributed by atoms with van der Waals surface area (Å²) in [7, 11) is 3.23. The number of aromatic nitrogens is 5. The normalized spacial score (nSPS) is 14.2. The molecule has 0 radical (unpaired) electrons. The zero-order chi connectivity index (χ0) is 17.7. The molecule has 1 aliphatic rings. The second kappa shape index (κ2) is 5.87. The predicted octanol–water partition coefficient (Wildman–Crippen LogP) is 2.91. The molecule has 0 spiro atoms. The van der Waals surface area contributed by atoms with Gasteiger partial charge in [0, 0.05) is 6.07 Å². The number of ether oxygens (including phenoxy) is 3.